The molecule has 0 bridgehead atoms. The fourth-order valence-corrected chi connectivity index (χ4v) is 4.65. The molecule has 1 aromatic rings. The first-order valence-corrected chi connectivity index (χ1v) is 8.39. The maximum absolute atomic E-state index is 12.2. The quantitative estimate of drug-likeness (QED) is 0.559. The van der Waals surface area contributed by atoms with E-state index in [1.54, 1.807) is 38.1 Å². The zero-order valence-corrected chi connectivity index (χ0v) is 14.1. The molecule has 0 spiro atoms. The number of aliphatic carboxylic acids is 1. The average molecular weight is 374 g/mol. The van der Waals surface area contributed by atoms with Crippen molar-refractivity contribution in [3.8, 4) is 5.75 Å². The summed E-state index contributed by atoms with van der Waals surface area (Å²) in [5.41, 5.74) is 0. The molecule has 2 N–H and O–H groups in total. The standard InChI is InChI=1S/C16H18N2O5S.Na.H/c1-16(2)12(15(21)22)18-13(20)11(14(18)24-16)17-10(19)8-23-9-6-4-3-5-7-9;;/h3-7,11-12,14H,8H2,1-2H3,(H,17,19)(H,21,22);;/t11-,12+,14-;;/m1../s1. The summed E-state index contributed by atoms with van der Waals surface area (Å²) >= 11 is 1.39. The van der Waals surface area contributed by atoms with E-state index < -0.39 is 28.7 Å². The van der Waals surface area contributed by atoms with Crippen molar-refractivity contribution in [1.29, 1.82) is 0 Å². The predicted molar refractivity (Wildman–Crippen MR) is 94.7 cm³/mol. The molecule has 0 aromatic heterocycles. The van der Waals surface area contributed by atoms with E-state index >= 15 is 0 Å². The van der Waals surface area contributed by atoms with E-state index in [2.05, 4.69) is 5.32 Å². The third-order valence-electron chi connectivity index (χ3n) is 4.10. The molecule has 2 amide bonds. The van der Waals surface area contributed by atoms with Crippen LogP contribution in [0.3, 0.4) is 0 Å². The van der Waals surface area contributed by atoms with Crippen molar-refractivity contribution in [3.63, 3.8) is 0 Å². The van der Waals surface area contributed by atoms with Gasteiger partial charge in [0, 0.05) is 4.75 Å². The maximum atomic E-state index is 12.2. The van der Waals surface area contributed by atoms with Gasteiger partial charge in [-0.2, -0.15) is 0 Å². The van der Waals surface area contributed by atoms with Gasteiger partial charge >= 0.3 is 35.5 Å². The van der Waals surface area contributed by atoms with Gasteiger partial charge in [0.25, 0.3) is 5.91 Å². The van der Waals surface area contributed by atoms with Crippen molar-refractivity contribution in [3.05, 3.63) is 30.3 Å². The van der Waals surface area contributed by atoms with Gasteiger partial charge in [-0.25, -0.2) is 4.79 Å². The molecular weight excluding hydrogens is 355 g/mol. The Bertz CT molecular complexity index is 684. The van der Waals surface area contributed by atoms with Crippen LogP contribution in [0.5, 0.6) is 5.75 Å². The van der Waals surface area contributed by atoms with Crippen molar-refractivity contribution in [1.82, 2.24) is 10.2 Å². The first-order valence-electron chi connectivity index (χ1n) is 7.51. The van der Waals surface area contributed by atoms with Gasteiger partial charge in [0.15, 0.2) is 6.61 Å². The number of thioether (sulfide) groups is 1. The van der Waals surface area contributed by atoms with E-state index in [0.717, 1.165) is 0 Å². The van der Waals surface area contributed by atoms with Crippen LogP contribution in [0.15, 0.2) is 30.3 Å². The van der Waals surface area contributed by atoms with Gasteiger partial charge in [-0.15, -0.1) is 11.8 Å². The zero-order valence-electron chi connectivity index (χ0n) is 13.3. The van der Waals surface area contributed by atoms with Crippen LogP contribution in [0.25, 0.3) is 0 Å². The van der Waals surface area contributed by atoms with Crippen LogP contribution in [0.2, 0.25) is 0 Å². The SMILES string of the molecule is CC1(C)S[C@@H]2[C@H](NC(=O)COc3ccccc3)C(=O)N2[C@H]1C(=O)O.[NaH]. The van der Waals surface area contributed by atoms with Crippen molar-refractivity contribution < 1.29 is 24.2 Å². The summed E-state index contributed by atoms with van der Waals surface area (Å²) in [5, 5.41) is 11.6. The second-order valence-corrected chi connectivity index (χ2v) is 8.02. The minimum atomic E-state index is -1.03. The molecule has 0 saturated carbocycles. The number of nitrogens with zero attached hydrogens (tertiary/aromatic N) is 1. The van der Waals surface area contributed by atoms with Gasteiger partial charge < -0.3 is 20.1 Å². The van der Waals surface area contributed by atoms with Crippen molar-refractivity contribution >= 4 is 59.1 Å². The fraction of sp³-hybridized carbons (Fsp3) is 0.438. The topological polar surface area (TPSA) is 95.9 Å². The first kappa shape index (κ1) is 20.1. The number of hydrogen-bond acceptors (Lipinski definition) is 5. The molecule has 2 saturated heterocycles. The molecule has 25 heavy (non-hydrogen) atoms. The fourth-order valence-electron chi connectivity index (χ4n) is 3.03. The van der Waals surface area contributed by atoms with Gasteiger partial charge in [-0.1, -0.05) is 18.2 Å². The van der Waals surface area contributed by atoms with Crippen LogP contribution in [0.1, 0.15) is 13.8 Å². The Labute approximate surface area is 171 Å². The van der Waals surface area contributed by atoms with E-state index in [1.807, 2.05) is 6.07 Å². The molecule has 0 radical (unpaired) electrons. The number of carboxylic acids is 1. The van der Waals surface area contributed by atoms with Crippen molar-refractivity contribution in [2.24, 2.45) is 0 Å². The van der Waals surface area contributed by atoms with Crippen LogP contribution in [0.4, 0.5) is 0 Å². The summed E-state index contributed by atoms with van der Waals surface area (Å²) in [6.45, 7) is 3.38. The van der Waals surface area contributed by atoms with Crippen LogP contribution in [-0.2, 0) is 14.4 Å². The number of benzene rings is 1. The van der Waals surface area contributed by atoms with E-state index in [1.165, 1.54) is 16.7 Å². The molecule has 3 atom stereocenters. The molecule has 2 aliphatic rings. The van der Waals surface area contributed by atoms with E-state index in [-0.39, 0.29) is 47.4 Å². The first-order chi connectivity index (χ1) is 11.3. The van der Waals surface area contributed by atoms with Crippen LogP contribution in [-0.4, -0.2) is 86.2 Å². The molecule has 7 nitrogen and oxygen atoms in total. The number of amides is 2. The van der Waals surface area contributed by atoms with Crippen LogP contribution >= 0.6 is 11.8 Å². The number of rotatable bonds is 5. The Morgan fingerprint density at radius 2 is 1.96 bits per heavy atom. The summed E-state index contributed by atoms with van der Waals surface area (Å²) in [5.74, 6) is -1.23. The molecule has 130 valence electrons. The van der Waals surface area contributed by atoms with Crippen LogP contribution in [0, 0.1) is 0 Å². The number of nitrogens with one attached hydrogen (secondary N) is 1. The predicted octanol–water partition coefficient (Wildman–Crippen LogP) is 0.0486. The Balaban J connectivity index is 0.00000225. The van der Waals surface area contributed by atoms with E-state index in [9.17, 15) is 19.5 Å². The van der Waals surface area contributed by atoms with Gasteiger partial charge in [-0.3, -0.25) is 9.59 Å². The zero-order chi connectivity index (χ0) is 17.5. The van der Waals surface area contributed by atoms with Gasteiger partial charge in [-0.05, 0) is 26.0 Å². The summed E-state index contributed by atoms with van der Waals surface area (Å²) in [6, 6.07) is 7.31. The number of fused-ring (bicyclic) bond motifs is 1. The van der Waals surface area contributed by atoms with Crippen molar-refractivity contribution in [2.75, 3.05) is 6.61 Å². The molecule has 1 aromatic carbocycles. The molecule has 0 unspecified atom stereocenters. The number of carbonyl (C=O) groups is 3. The summed E-state index contributed by atoms with van der Waals surface area (Å²) in [4.78, 5) is 37.0. The monoisotopic (exact) mass is 374 g/mol. The number of carboxylic acid groups (broad SMARTS) is 1. The number of β-lactam (4-membered cyclic amide) rings is 1. The average Bonchev–Trinajstić information content (AvgIpc) is 2.80. The molecule has 3 rings (SSSR count). The Morgan fingerprint density at radius 3 is 2.56 bits per heavy atom. The number of para-hydroxylation sites is 1. The number of ether oxygens (including phenoxy) is 1. The molecule has 2 fully saturated rings. The van der Waals surface area contributed by atoms with Crippen molar-refractivity contribution in [2.45, 2.75) is 36.1 Å². The van der Waals surface area contributed by atoms with Gasteiger partial charge in [0.2, 0.25) is 5.91 Å². The molecule has 0 aliphatic carbocycles. The summed E-state index contributed by atoms with van der Waals surface area (Å²) in [7, 11) is 0. The second-order valence-electron chi connectivity index (χ2n) is 6.25. The Hall–Kier alpha value is -1.22. The van der Waals surface area contributed by atoms with E-state index in [4.69, 9.17) is 4.74 Å². The molecule has 9 heteroatoms. The molecule has 2 heterocycles. The van der Waals surface area contributed by atoms with Gasteiger partial charge in [0.05, 0.1) is 0 Å². The van der Waals surface area contributed by atoms with E-state index in [0.29, 0.717) is 5.75 Å². The normalized spacial score (nSPS) is 26.1. The minimum absolute atomic E-state index is 0. The Kier molecular flexibility index (Phi) is 6.09. The number of carbonyl (C=O) groups excluding carboxylic acids is 2. The molecular formula is C16H19N2NaO5S. The summed E-state index contributed by atoms with van der Waals surface area (Å²) in [6.07, 6.45) is 0. The summed E-state index contributed by atoms with van der Waals surface area (Å²) < 4.78 is 4.74. The third kappa shape index (κ3) is 3.81. The van der Waals surface area contributed by atoms with Gasteiger partial charge in [0.1, 0.15) is 23.2 Å². The molecule has 2 aliphatic heterocycles. The third-order valence-corrected chi connectivity index (χ3v) is 5.68. The van der Waals surface area contributed by atoms with Crippen LogP contribution < -0.4 is 10.1 Å². The Morgan fingerprint density at radius 1 is 1.32 bits per heavy atom. The number of hydrogen-bond donors (Lipinski definition) is 2. The second kappa shape index (κ2) is 7.57.